The van der Waals surface area contributed by atoms with E-state index in [0.29, 0.717) is 19.5 Å². The van der Waals surface area contributed by atoms with Gasteiger partial charge in [-0.3, -0.25) is 4.79 Å². The predicted molar refractivity (Wildman–Crippen MR) is 101 cm³/mol. The summed E-state index contributed by atoms with van der Waals surface area (Å²) in [4.78, 5) is 13.7. The van der Waals surface area contributed by atoms with Gasteiger partial charge in [0, 0.05) is 25.2 Å². The van der Waals surface area contributed by atoms with Crippen molar-refractivity contribution in [2.45, 2.75) is 37.5 Å². The number of hydrogen-bond acceptors (Lipinski definition) is 4. The van der Waals surface area contributed by atoms with E-state index in [4.69, 9.17) is 0 Å². The van der Waals surface area contributed by atoms with Crippen LogP contribution in [0, 0.1) is 5.41 Å². The summed E-state index contributed by atoms with van der Waals surface area (Å²) in [5, 5.41) is 3.30. The van der Waals surface area contributed by atoms with Gasteiger partial charge >= 0.3 is 0 Å². The average Bonchev–Trinajstić information content (AvgIpc) is 3.00. The molecule has 25 heavy (non-hydrogen) atoms. The zero-order chi connectivity index (χ0) is 17.2. The highest BCUT2D eigenvalue weighted by molar-refractivity contribution is 7.89. The smallest absolute Gasteiger partial charge is 0.240 e. The first-order chi connectivity index (χ1) is 11.4. The number of halogens is 1. The Labute approximate surface area is 155 Å². The van der Waals surface area contributed by atoms with Crippen LogP contribution in [-0.4, -0.2) is 40.5 Å². The number of amides is 1. The van der Waals surface area contributed by atoms with Gasteiger partial charge in [-0.15, -0.1) is 12.4 Å². The first kappa shape index (κ1) is 20.2. The number of carbonyl (C=O) groups is 1. The first-order valence-corrected chi connectivity index (χ1v) is 9.99. The van der Waals surface area contributed by atoms with Crippen LogP contribution in [0.4, 0.5) is 5.69 Å². The lowest BCUT2D eigenvalue weighted by Crippen LogP contribution is -2.42. The van der Waals surface area contributed by atoms with Crippen LogP contribution in [0.15, 0.2) is 29.2 Å². The maximum atomic E-state index is 12.5. The second-order valence-electron chi connectivity index (χ2n) is 7.03. The predicted octanol–water partition coefficient (Wildman–Crippen LogP) is 1.90. The number of piperidine rings is 1. The number of hydrogen-bond donors (Lipinski definition) is 2. The van der Waals surface area contributed by atoms with Gasteiger partial charge in [-0.25, -0.2) is 13.1 Å². The van der Waals surface area contributed by atoms with E-state index in [2.05, 4.69) is 17.0 Å². The van der Waals surface area contributed by atoms with Crippen LogP contribution in [0.2, 0.25) is 0 Å². The van der Waals surface area contributed by atoms with Gasteiger partial charge in [0.15, 0.2) is 0 Å². The number of rotatable bonds is 5. The van der Waals surface area contributed by atoms with E-state index < -0.39 is 10.0 Å². The maximum Gasteiger partial charge on any atom is 0.240 e. The standard InChI is InChI=1S/C17H25N3O3S.ClH/c1-17(8-10-18-11-9-17)13-19-24(22,23)15-6-4-14(5-7-15)20-12-2-3-16(20)21;/h4-7,18-19H,2-3,8-13H2,1H3;1H. The molecule has 0 atom stereocenters. The summed E-state index contributed by atoms with van der Waals surface area (Å²) in [5.41, 5.74) is 0.766. The van der Waals surface area contributed by atoms with Gasteiger partial charge in [0.1, 0.15) is 0 Å². The Morgan fingerprint density at radius 2 is 1.84 bits per heavy atom. The van der Waals surface area contributed by atoms with Crippen molar-refractivity contribution < 1.29 is 13.2 Å². The SMILES string of the molecule is CC1(CNS(=O)(=O)c2ccc(N3CCCC3=O)cc2)CCNCC1.Cl. The van der Waals surface area contributed by atoms with Crippen molar-refractivity contribution in [1.82, 2.24) is 10.0 Å². The van der Waals surface area contributed by atoms with Crippen molar-refractivity contribution in [3.8, 4) is 0 Å². The van der Waals surface area contributed by atoms with Crippen molar-refractivity contribution in [2.75, 3.05) is 31.1 Å². The molecule has 140 valence electrons. The molecule has 3 rings (SSSR count). The molecule has 0 bridgehead atoms. The summed E-state index contributed by atoms with van der Waals surface area (Å²) >= 11 is 0. The molecule has 0 aliphatic carbocycles. The lowest BCUT2D eigenvalue weighted by molar-refractivity contribution is -0.117. The number of nitrogens with one attached hydrogen (secondary N) is 2. The number of sulfonamides is 1. The molecular formula is C17H26ClN3O3S. The Morgan fingerprint density at radius 3 is 2.40 bits per heavy atom. The normalized spacial score (nSPS) is 20.4. The summed E-state index contributed by atoms with van der Waals surface area (Å²) in [5.74, 6) is 0.0996. The molecule has 2 N–H and O–H groups in total. The maximum absolute atomic E-state index is 12.5. The van der Waals surface area contributed by atoms with Gasteiger partial charge in [-0.2, -0.15) is 0 Å². The van der Waals surface area contributed by atoms with Crippen LogP contribution in [0.1, 0.15) is 32.6 Å². The quantitative estimate of drug-likeness (QED) is 0.808. The highest BCUT2D eigenvalue weighted by Crippen LogP contribution is 2.28. The van der Waals surface area contributed by atoms with E-state index in [1.165, 1.54) is 0 Å². The number of benzene rings is 1. The van der Waals surface area contributed by atoms with Gasteiger partial charge in [0.05, 0.1) is 4.90 Å². The zero-order valence-corrected chi connectivity index (χ0v) is 16.1. The number of nitrogens with zero attached hydrogens (tertiary/aromatic N) is 1. The van der Waals surface area contributed by atoms with Gasteiger partial charge in [-0.05, 0) is 62.0 Å². The molecule has 1 aromatic rings. The van der Waals surface area contributed by atoms with E-state index in [0.717, 1.165) is 38.0 Å². The van der Waals surface area contributed by atoms with Crippen molar-refractivity contribution in [3.63, 3.8) is 0 Å². The van der Waals surface area contributed by atoms with E-state index in [9.17, 15) is 13.2 Å². The first-order valence-electron chi connectivity index (χ1n) is 8.51. The average molecular weight is 388 g/mol. The number of carbonyl (C=O) groups excluding carboxylic acids is 1. The summed E-state index contributed by atoms with van der Waals surface area (Å²) in [6.07, 6.45) is 3.35. The van der Waals surface area contributed by atoms with Gasteiger partial charge in [-0.1, -0.05) is 6.92 Å². The molecule has 2 aliphatic rings. The fourth-order valence-electron chi connectivity index (χ4n) is 3.29. The second-order valence-corrected chi connectivity index (χ2v) is 8.79. The van der Waals surface area contributed by atoms with Gasteiger partial charge < -0.3 is 10.2 Å². The minimum Gasteiger partial charge on any atom is -0.317 e. The monoisotopic (exact) mass is 387 g/mol. The molecular weight excluding hydrogens is 362 g/mol. The lowest BCUT2D eigenvalue weighted by Gasteiger charge is -2.34. The lowest BCUT2D eigenvalue weighted by atomic mass is 9.81. The summed E-state index contributed by atoms with van der Waals surface area (Å²) in [7, 11) is -3.53. The Balaban J connectivity index is 0.00000225. The van der Waals surface area contributed by atoms with Crippen LogP contribution in [0.25, 0.3) is 0 Å². The van der Waals surface area contributed by atoms with Crippen LogP contribution in [0.5, 0.6) is 0 Å². The fraction of sp³-hybridized carbons (Fsp3) is 0.588. The highest BCUT2D eigenvalue weighted by atomic mass is 35.5. The minimum atomic E-state index is -3.53. The second kappa shape index (κ2) is 8.03. The third-order valence-electron chi connectivity index (χ3n) is 5.03. The Morgan fingerprint density at radius 1 is 1.20 bits per heavy atom. The van der Waals surface area contributed by atoms with Crippen LogP contribution in [-0.2, 0) is 14.8 Å². The molecule has 0 unspecified atom stereocenters. The Bertz CT molecular complexity index is 700. The topological polar surface area (TPSA) is 78.5 Å². The molecule has 0 radical (unpaired) electrons. The molecule has 2 saturated heterocycles. The molecule has 0 saturated carbocycles. The van der Waals surface area contributed by atoms with E-state index in [-0.39, 0.29) is 28.6 Å². The molecule has 1 aromatic carbocycles. The molecule has 2 heterocycles. The molecule has 0 spiro atoms. The van der Waals surface area contributed by atoms with Crippen LogP contribution >= 0.6 is 12.4 Å². The third kappa shape index (κ3) is 4.73. The Hall–Kier alpha value is -1.15. The largest absolute Gasteiger partial charge is 0.317 e. The molecule has 0 aromatic heterocycles. The van der Waals surface area contributed by atoms with E-state index in [1.54, 1.807) is 29.2 Å². The Kier molecular flexibility index (Phi) is 6.48. The number of anilines is 1. The van der Waals surface area contributed by atoms with Crippen molar-refractivity contribution in [2.24, 2.45) is 5.41 Å². The van der Waals surface area contributed by atoms with E-state index in [1.807, 2.05) is 0 Å². The van der Waals surface area contributed by atoms with Crippen molar-refractivity contribution in [1.29, 1.82) is 0 Å². The van der Waals surface area contributed by atoms with Crippen molar-refractivity contribution in [3.05, 3.63) is 24.3 Å². The summed E-state index contributed by atoms with van der Waals surface area (Å²) < 4.78 is 27.8. The van der Waals surface area contributed by atoms with Gasteiger partial charge in [0.2, 0.25) is 15.9 Å². The molecule has 1 amide bonds. The van der Waals surface area contributed by atoms with Crippen LogP contribution in [0.3, 0.4) is 0 Å². The zero-order valence-electron chi connectivity index (χ0n) is 14.5. The highest BCUT2D eigenvalue weighted by Gasteiger charge is 2.29. The summed E-state index contributed by atoms with van der Waals surface area (Å²) in [6.45, 7) is 5.13. The molecule has 2 fully saturated rings. The minimum absolute atomic E-state index is 0. The molecule has 6 nitrogen and oxygen atoms in total. The fourth-order valence-corrected chi connectivity index (χ4v) is 4.49. The molecule has 8 heteroatoms. The van der Waals surface area contributed by atoms with E-state index >= 15 is 0 Å². The van der Waals surface area contributed by atoms with Gasteiger partial charge in [0.25, 0.3) is 0 Å². The molecule has 2 aliphatic heterocycles. The van der Waals surface area contributed by atoms with Crippen LogP contribution < -0.4 is 14.9 Å². The summed E-state index contributed by atoms with van der Waals surface area (Å²) in [6, 6.07) is 6.58. The van der Waals surface area contributed by atoms with Crippen molar-refractivity contribution >= 4 is 34.0 Å². The third-order valence-corrected chi connectivity index (χ3v) is 6.45.